The number of fused-ring (bicyclic) bond motifs is 8. The van der Waals surface area contributed by atoms with E-state index in [0.29, 0.717) is 17.5 Å². The highest BCUT2D eigenvalue weighted by atomic mass is 16.3. The zero-order chi connectivity index (χ0) is 35.6. The van der Waals surface area contributed by atoms with Crippen molar-refractivity contribution in [3.8, 4) is 51.0 Å². The number of para-hydroxylation sites is 2. The molecule has 0 N–H and O–H groups in total. The molecule has 0 bridgehead atoms. The van der Waals surface area contributed by atoms with Gasteiger partial charge in [-0.05, 0) is 40.8 Å². The number of hydrogen-bond donors (Lipinski definition) is 0. The minimum absolute atomic E-state index is 0.580. The van der Waals surface area contributed by atoms with Crippen molar-refractivity contribution < 1.29 is 4.42 Å². The highest BCUT2D eigenvalue weighted by molar-refractivity contribution is 6.24. The fourth-order valence-corrected chi connectivity index (χ4v) is 8.02. The Kier molecular flexibility index (Phi) is 6.79. The number of aromatic nitrogens is 4. The minimum Gasteiger partial charge on any atom is -0.456 e. The van der Waals surface area contributed by atoms with Crippen LogP contribution >= 0.6 is 0 Å². The molecule has 8 aromatic carbocycles. The van der Waals surface area contributed by atoms with Crippen molar-refractivity contribution in [1.82, 2.24) is 19.5 Å². The fraction of sp³-hybridized carbons (Fsp3) is 0. The van der Waals surface area contributed by atoms with Crippen molar-refractivity contribution in [1.29, 1.82) is 0 Å². The zero-order valence-electron chi connectivity index (χ0n) is 29.0. The minimum atomic E-state index is 0.580. The van der Waals surface area contributed by atoms with Crippen LogP contribution in [0.2, 0.25) is 0 Å². The van der Waals surface area contributed by atoms with Crippen LogP contribution in [0.5, 0.6) is 0 Å². The van der Waals surface area contributed by atoms with Gasteiger partial charge in [-0.3, -0.25) is 0 Å². The van der Waals surface area contributed by atoms with Crippen LogP contribution in [0.25, 0.3) is 105 Å². The van der Waals surface area contributed by atoms with Crippen LogP contribution in [0.1, 0.15) is 0 Å². The van der Waals surface area contributed by atoms with Gasteiger partial charge in [0, 0.05) is 49.7 Å². The molecule has 0 aliphatic heterocycles. The molecule has 3 aromatic heterocycles. The van der Waals surface area contributed by atoms with Crippen molar-refractivity contribution in [2.75, 3.05) is 0 Å². The molecule has 0 radical (unpaired) electrons. The molecule has 0 saturated carbocycles. The SMILES string of the molecule is c1ccc(-c2nc(-c3ccccc3)nc(-c3cc(-n4c5ccccc5c5c(-c6ccccc6)cc6ccccc6c54)cc4oc5ccccc5c34)n2)cc1. The standard InChI is InChI=1S/C49H30N4O/c1-4-16-31(17-5-1)39-28-34-22-10-11-23-36(34)46-45(39)37-24-12-14-26-41(37)53(46)35-29-40(44-38-25-13-15-27-42(38)54-43(44)30-35)49-51-47(32-18-6-2-7-19-32)50-48(52-49)33-20-8-3-9-21-33/h1-30H. The first-order chi connectivity index (χ1) is 26.8. The van der Waals surface area contributed by atoms with Crippen molar-refractivity contribution >= 4 is 54.5 Å². The predicted molar refractivity (Wildman–Crippen MR) is 221 cm³/mol. The molecule has 5 nitrogen and oxygen atoms in total. The molecular weight excluding hydrogens is 661 g/mol. The van der Waals surface area contributed by atoms with E-state index < -0.39 is 0 Å². The van der Waals surface area contributed by atoms with Gasteiger partial charge in [-0.1, -0.05) is 152 Å². The number of rotatable bonds is 5. The van der Waals surface area contributed by atoms with Crippen LogP contribution < -0.4 is 0 Å². The molecule has 0 spiro atoms. The van der Waals surface area contributed by atoms with Crippen LogP contribution in [-0.2, 0) is 0 Å². The van der Waals surface area contributed by atoms with Crippen molar-refractivity contribution in [3.05, 3.63) is 182 Å². The van der Waals surface area contributed by atoms with Gasteiger partial charge < -0.3 is 8.98 Å². The van der Waals surface area contributed by atoms with E-state index in [4.69, 9.17) is 19.4 Å². The van der Waals surface area contributed by atoms with Gasteiger partial charge in [0.15, 0.2) is 17.5 Å². The van der Waals surface area contributed by atoms with Crippen molar-refractivity contribution in [3.63, 3.8) is 0 Å². The molecule has 0 atom stereocenters. The van der Waals surface area contributed by atoms with Crippen LogP contribution in [0.4, 0.5) is 0 Å². The lowest BCUT2D eigenvalue weighted by molar-refractivity contribution is 0.668. The second-order valence-corrected chi connectivity index (χ2v) is 13.6. The van der Waals surface area contributed by atoms with E-state index in [1.807, 2.05) is 72.8 Å². The quantitative estimate of drug-likeness (QED) is 0.180. The lowest BCUT2D eigenvalue weighted by Gasteiger charge is -2.14. The molecule has 0 saturated heterocycles. The second-order valence-electron chi connectivity index (χ2n) is 13.6. The van der Waals surface area contributed by atoms with Gasteiger partial charge in [-0.15, -0.1) is 0 Å². The smallest absolute Gasteiger partial charge is 0.164 e. The van der Waals surface area contributed by atoms with Crippen molar-refractivity contribution in [2.24, 2.45) is 0 Å². The highest BCUT2D eigenvalue weighted by Gasteiger charge is 2.23. The maximum Gasteiger partial charge on any atom is 0.164 e. The number of nitrogens with zero attached hydrogens (tertiary/aromatic N) is 4. The first kappa shape index (κ1) is 30.3. The molecule has 252 valence electrons. The Hall–Kier alpha value is -7.37. The summed E-state index contributed by atoms with van der Waals surface area (Å²) >= 11 is 0. The molecule has 5 heteroatoms. The van der Waals surface area contributed by atoms with Crippen LogP contribution in [-0.4, -0.2) is 19.5 Å². The third-order valence-corrected chi connectivity index (χ3v) is 10.4. The van der Waals surface area contributed by atoms with Gasteiger partial charge in [0.05, 0.1) is 16.7 Å². The molecule has 3 heterocycles. The maximum atomic E-state index is 6.70. The van der Waals surface area contributed by atoms with Crippen LogP contribution in [0.3, 0.4) is 0 Å². The van der Waals surface area contributed by atoms with Gasteiger partial charge >= 0.3 is 0 Å². The molecule has 0 aliphatic rings. The molecule has 54 heavy (non-hydrogen) atoms. The number of benzene rings is 8. The summed E-state index contributed by atoms with van der Waals surface area (Å²) in [5.74, 6) is 1.80. The van der Waals surface area contributed by atoms with E-state index in [2.05, 4.69) is 114 Å². The molecule has 0 unspecified atom stereocenters. The molecule has 11 aromatic rings. The van der Waals surface area contributed by atoms with E-state index in [1.54, 1.807) is 0 Å². The summed E-state index contributed by atoms with van der Waals surface area (Å²) in [5.41, 5.74) is 9.87. The van der Waals surface area contributed by atoms with E-state index in [9.17, 15) is 0 Å². The molecule has 0 amide bonds. The normalized spacial score (nSPS) is 11.7. The Morgan fingerprint density at radius 1 is 0.389 bits per heavy atom. The average molecular weight is 691 g/mol. The van der Waals surface area contributed by atoms with Crippen LogP contribution in [0, 0.1) is 0 Å². The summed E-state index contributed by atoms with van der Waals surface area (Å²) in [5, 5.41) is 6.72. The summed E-state index contributed by atoms with van der Waals surface area (Å²) in [6, 6.07) is 63.2. The molecule has 0 fully saturated rings. The van der Waals surface area contributed by atoms with E-state index in [1.165, 1.54) is 32.7 Å². The first-order valence-corrected chi connectivity index (χ1v) is 18.1. The summed E-state index contributed by atoms with van der Waals surface area (Å²) in [4.78, 5) is 15.4. The van der Waals surface area contributed by atoms with Gasteiger partial charge in [-0.25, -0.2) is 15.0 Å². The largest absolute Gasteiger partial charge is 0.456 e. The zero-order valence-corrected chi connectivity index (χ0v) is 29.0. The Morgan fingerprint density at radius 3 is 1.65 bits per heavy atom. The number of furan rings is 1. The van der Waals surface area contributed by atoms with Crippen LogP contribution in [0.15, 0.2) is 186 Å². The summed E-state index contributed by atoms with van der Waals surface area (Å²) in [6.07, 6.45) is 0. The van der Waals surface area contributed by atoms with E-state index >= 15 is 0 Å². The molecular formula is C49H30N4O. The van der Waals surface area contributed by atoms with Crippen molar-refractivity contribution in [2.45, 2.75) is 0 Å². The predicted octanol–water partition coefficient (Wildman–Crippen LogP) is 12.7. The lowest BCUT2D eigenvalue weighted by atomic mass is 9.95. The summed E-state index contributed by atoms with van der Waals surface area (Å²) in [7, 11) is 0. The first-order valence-electron chi connectivity index (χ1n) is 18.1. The summed E-state index contributed by atoms with van der Waals surface area (Å²) < 4.78 is 9.10. The van der Waals surface area contributed by atoms with E-state index in [-0.39, 0.29) is 0 Å². The van der Waals surface area contributed by atoms with Gasteiger partial charge in [-0.2, -0.15) is 0 Å². The highest BCUT2D eigenvalue weighted by Crippen LogP contribution is 2.45. The number of hydrogen-bond acceptors (Lipinski definition) is 4. The fourth-order valence-electron chi connectivity index (χ4n) is 8.02. The topological polar surface area (TPSA) is 56.7 Å². The molecule has 11 rings (SSSR count). The van der Waals surface area contributed by atoms with Gasteiger partial charge in [0.1, 0.15) is 11.2 Å². The Labute approximate surface area is 310 Å². The van der Waals surface area contributed by atoms with E-state index in [0.717, 1.165) is 55.3 Å². The summed E-state index contributed by atoms with van der Waals surface area (Å²) in [6.45, 7) is 0. The third-order valence-electron chi connectivity index (χ3n) is 10.4. The Bertz CT molecular complexity index is 3140. The Balaban J connectivity index is 1.28. The van der Waals surface area contributed by atoms with Gasteiger partial charge in [0.2, 0.25) is 0 Å². The lowest BCUT2D eigenvalue weighted by Crippen LogP contribution is -2.02. The third kappa shape index (κ3) is 4.76. The van der Waals surface area contributed by atoms with Gasteiger partial charge in [0.25, 0.3) is 0 Å². The second kappa shape index (κ2) is 12.1. The maximum absolute atomic E-state index is 6.70. The Morgan fingerprint density at radius 2 is 0.944 bits per heavy atom. The molecule has 0 aliphatic carbocycles. The monoisotopic (exact) mass is 690 g/mol. The average Bonchev–Trinajstić information content (AvgIpc) is 3.80.